The maximum Gasteiger partial charge on any atom is 0.259 e. The molecule has 0 atom stereocenters. The largest absolute Gasteiger partial charge is 0.508 e. The van der Waals surface area contributed by atoms with Gasteiger partial charge in [-0.15, -0.1) is 0 Å². The molecule has 3 N–H and O–H groups in total. The third kappa shape index (κ3) is 4.92. The molecule has 0 aliphatic rings. The third-order valence-corrected chi connectivity index (χ3v) is 2.95. The summed E-state index contributed by atoms with van der Waals surface area (Å²) >= 11 is 0. The lowest BCUT2D eigenvalue weighted by Gasteiger charge is -2.05. The average molecular weight is 312 g/mol. The van der Waals surface area contributed by atoms with Gasteiger partial charge in [0.1, 0.15) is 5.75 Å². The number of pyridine rings is 1. The number of phenols is 1. The van der Waals surface area contributed by atoms with E-state index in [1.54, 1.807) is 43.5 Å². The molecule has 1 heterocycles. The summed E-state index contributed by atoms with van der Waals surface area (Å²) in [5.74, 6) is -0.726. The summed E-state index contributed by atoms with van der Waals surface area (Å²) in [6.07, 6.45) is 2.97. The van der Waals surface area contributed by atoms with Gasteiger partial charge >= 0.3 is 0 Å². The number of hydrogen-bond acceptors (Lipinski definition) is 5. The molecule has 0 saturated carbocycles. The first-order valence-electron chi connectivity index (χ1n) is 6.87. The normalized spacial score (nSPS) is 10.9. The highest BCUT2D eigenvalue weighted by molar-refractivity contribution is 6.00. The summed E-state index contributed by atoms with van der Waals surface area (Å²) in [4.78, 5) is 27.3. The highest BCUT2D eigenvalue weighted by Gasteiger charge is 2.07. The van der Waals surface area contributed by atoms with E-state index in [2.05, 4.69) is 20.8 Å². The molecular formula is C16H16N4O3. The van der Waals surface area contributed by atoms with Crippen molar-refractivity contribution in [3.05, 3.63) is 59.9 Å². The van der Waals surface area contributed by atoms with Crippen molar-refractivity contribution < 1.29 is 14.7 Å². The first-order chi connectivity index (χ1) is 11.1. The summed E-state index contributed by atoms with van der Waals surface area (Å²) in [5, 5.41) is 15.8. The van der Waals surface area contributed by atoms with Crippen LogP contribution >= 0.6 is 0 Å². The first kappa shape index (κ1) is 16.2. The Kier molecular flexibility index (Phi) is 5.40. The number of amides is 2. The van der Waals surface area contributed by atoms with E-state index in [1.165, 1.54) is 12.3 Å². The van der Waals surface area contributed by atoms with E-state index in [9.17, 15) is 14.7 Å². The zero-order valence-corrected chi connectivity index (χ0v) is 12.5. The highest BCUT2D eigenvalue weighted by atomic mass is 16.3. The van der Waals surface area contributed by atoms with E-state index in [1.807, 2.05) is 0 Å². The zero-order valence-electron chi connectivity index (χ0n) is 12.5. The molecule has 2 rings (SSSR count). The molecule has 2 amide bonds. The first-order valence-corrected chi connectivity index (χ1v) is 6.87. The van der Waals surface area contributed by atoms with Crippen LogP contribution in [-0.2, 0) is 4.79 Å². The van der Waals surface area contributed by atoms with Crippen LogP contribution in [0.15, 0.2) is 53.9 Å². The van der Waals surface area contributed by atoms with Crippen LogP contribution in [0.2, 0.25) is 0 Å². The van der Waals surface area contributed by atoms with Crippen molar-refractivity contribution in [2.75, 3.05) is 6.54 Å². The van der Waals surface area contributed by atoms with Crippen LogP contribution in [0, 0.1) is 0 Å². The molecule has 23 heavy (non-hydrogen) atoms. The number of aromatic hydroxyl groups is 1. The van der Waals surface area contributed by atoms with Crippen LogP contribution in [-0.4, -0.2) is 34.2 Å². The Balaban J connectivity index is 1.85. The molecule has 118 valence electrons. The molecule has 0 spiro atoms. The Morgan fingerprint density at radius 3 is 2.70 bits per heavy atom. The van der Waals surface area contributed by atoms with Crippen molar-refractivity contribution >= 4 is 17.5 Å². The number of carbonyl (C=O) groups excluding carboxylic acids is 2. The van der Waals surface area contributed by atoms with E-state index in [0.29, 0.717) is 16.8 Å². The second-order valence-corrected chi connectivity index (χ2v) is 4.71. The van der Waals surface area contributed by atoms with Crippen molar-refractivity contribution in [1.82, 2.24) is 15.7 Å². The molecule has 2 aromatic rings. The van der Waals surface area contributed by atoms with Gasteiger partial charge in [0.15, 0.2) is 0 Å². The molecule has 0 radical (unpaired) electrons. The van der Waals surface area contributed by atoms with E-state index in [0.717, 1.165) is 0 Å². The minimum absolute atomic E-state index is 0.118. The second kappa shape index (κ2) is 7.69. The van der Waals surface area contributed by atoms with E-state index >= 15 is 0 Å². The Morgan fingerprint density at radius 1 is 1.22 bits per heavy atom. The van der Waals surface area contributed by atoms with E-state index in [4.69, 9.17) is 0 Å². The minimum Gasteiger partial charge on any atom is -0.508 e. The number of hydrogen-bond donors (Lipinski definition) is 3. The van der Waals surface area contributed by atoms with Crippen molar-refractivity contribution in [1.29, 1.82) is 0 Å². The maximum absolute atomic E-state index is 11.8. The number of nitrogens with one attached hydrogen (secondary N) is 2. The number of rotatable bonds is 5. The summed E-state index contributed by atoms with van der Waals surface area (Å²) < 4.78 is 0. The maximum atomic E-state index is 11.8. The third-order valence-electron chi connectivity index (χ3n) is 2.95. The van der Waals surface area contributed by atoms with Gasteiger partial charge in [-0.2, -0.15) is 5.10 Å². The van der Waals surface area contributed by atoms with Crippen LogP contribution in [0.3, 0.4) is 0 Å². The second-order valence-electron chi connectivity index (χ2n) is 4.71. The highest BCUT2D eigenvalue weighted by Crippen LogP contribution is 2.11. The molecule has 7 heteroatoms. The smallest absolute Gasteiger partial charge is 0.259 e. The molecule has 1 aromatic carbocycles. The van der Waals surface area contributed by atoms with Gasteiger partial charge in [0.2, 0.25) is 0 Å². The SMILES string of the molecule is CC(=NNC(=O)CNC(=O)c1cccnc1)c1cccc(O)c1. The number of nitrogens with zero attached hydrogens (tertiary/aromatic N) is 2. The van der Waals surface area contributed by atoms with Crippen LogP contribution in [0.25, 0.3) is 0 Å². The lowest BCUT2D eigenvalue weighted by molar-refractivity contribution is -0.120. The summed E-state index contributed by atoms with van der Waals surface area (Å²) in [6.45, 7) is 1.49. The molecule has 1 aromatic heterocycles. The predicted octanol–water partition coefficient (Wildman–Crippen LogP) is 1.06. The molecular weight excluding hydrogens is 296 g/mol. The summed E-state index contributed by atoms with van der Waals surface area (Å²) in [7, 11) is 0. The topological polar surface area (TPSA) is 104 Å². The van der Waals surface area contributed by atoms with Gasteiger partial charge in [-0.25, -0.2) is 5.43 Å². The van der Waals surface area contributed by atoms with Gasteiger partial charge in [0.25, 0.3) is 11.8 Å². The fraction of sp³-hybridized carbons (Fsp3) is 0.125. The van der Waals surface area contributed by atoms with Crippen LogP contribution in [0.1, 0.15) is 22.8 Å². The van der Waals surface area contributed by atoms with Crippen molar-refractivity contribution in [3.8, 4) is 5.75 Å². The number of carbonyl (C=O) groups is 2. The fourth-order valence-electron chi connectivity index (χ4n) is 1.74. The quantitative estimate of drug-likeness (QED) is 0.567. The zero-order chi connectivity index (χ0) is 16.7. The fourth-order valence-corrected chi connectivity index (χ4v) is 1.74. The monoisotopic (exact) mass is 312 g/mol. The molecule has 7 nitrogen and oxygen atoms in total. The number of aromatic nitrogens is 1. The minimum atomic E-state index is -0.457. The van der Waals surface area contributed by atoms with Gasteiger partial charge in [0.05, 0.1) is 17.8 Å². The standard InChI is InChI=1S/C16H16N4O3/c1-11(12-4-2-6-14(21)8-12)19-20-15(22)10-18-16(23)13-5-3-7-17-9-13/h2-9,21H,10H2,1H3,(H,18,23)(H,20,22). The van der Waals surface area contributed by atoms with Gasteiger partial charge in [-0.3, -0.25) is 14.6 Å². The Morgan fingerprint density at radius 2 is 2.00 bits per heavy atom. The van der Waals surface area contributed by atoms with Gasteiger partial charge in [-0.1, -0.05) is 12.1 Å². The lowest BCUT2D eigenvalue weighted by atomic mass is 10.1. The predicted molar refractivity (Wildman–Crippen MR) is 85.0 cm³/mol. The van der Waals surface area contributed by atoms with Crippen molar-refractivity contribution in [2.45, 2.75) is 6.92 Å². The van der Waals surface area contributed by atoms with Gasteiger partial charge in [-0.05, 0) is 31.2 Å². The summed E-state index contributed by atoms with van der Waals surface area (Å²) in [6, 6.07) is 9.76. The molecule has 0 fully saturated rings. The van der Waals surface area contributed by atoms with E-state index in [-0.39, 0.29) is 18.2 Å². The molecule has 0 aliphatic carbocycles. The molecule has 0 unspecified atom stereocenters. The number of phenolic OH excluding ortho intramolecular Hbond substituents is 1. The van der Waals surface area contributed by atoms with Crippen LogP contribution < -0.4 is 10.7 Å². The van der Waals surface area contributed by atoms with Gasteiger partial charge < -0.3 is 10.4 Å². The lowest BCUT2D eigenvalue weighted by Crippen LogP contribution is -2.35. The molecule has 0 aliphatic heterocycles. The van der Waals surface area contributed by atoms with E-state index < -0.39 is 5.91 Å². The Bertz CT molecular complexity index is 729. The van der Waals surface area contributed by atoms with Gasteiger partial charge in [0, 0.05) is 18.0 Å². The molecule has 0 saturated heterocycles. The Hall–Kier alpha value is -3.22. The van der Waals surface area contributed by atoms with Crippen LogP contribution in [0.4, 0.5) is 0 Å². The average Bonchev–Trinajstić information content (AvgIpc) is 2.58. The van der Waals surface area contributed by atoms with Crippen molar-refractivity contribution in [3.63, 3.8) is 0 Å². The summed E-state index contributed by atoms with van der Waals surface area (Å²) in [5.41, 5.74) is 3.94. The number of hydrazone groups is 1. The van der Waals surface area contributed by atoms with Crippen LogP contribution in [0.5, 0.6) is 5.75 Å². The number of benzene rings is 1. The van der Waals surface area contributed by atoms with Crippen molar-refractivity contribution in [2.24, 2.45) is 5.10 Å². The molecule has 0 bridgehead atoms. The Labute approximate surface area is 133 Å².